The Labute approximate surface area is 120 Å². The topological polar surface area (TPSA) is 53.1 Å². The van der Waals surface area contributed by atoms with E-state index in [9.17, 15) is 0 Å². The Morgan fingerprint density at radius 2 is 1.90 bits per heavy atom. The molecule has 0 amide bonds. The lowest BCUT2D eigenvalue weighted by Crippen LogP contribution is -2.21. The normalized spacial score (nSPS) is 12.7. The summed E-state index contributed by atoms with van der Waals surface area (Å²) < 4.78 is 7.66. The van der Waals surface area contributed by atoms with E-state index >= 15 is 0 Å². The van der Waals surface area contributed by atoms with E-state index in [2.05, 4.69) is 38.0 Å². The lowest BCUT2D eigenvalue weighted by atomic mass is 10.0. The zero-order valence-electron chi connectivity index (χ0n) is 12.4. The maximum absolute atomic E-state index is 5.96. The first-order valence-electron chi connectivity index (χ1n) is 7.15. The van der Waals surface area contributed by atoms with Crippen molar-refractivity contribution in [1.82, 2.24) is 9.78 Å². The van der Waals surface area contributed by atoms with Crippen LogP contribution in [0.25, 0.3) is 0 Å². The zero-order chi connectivity index (χ0) is 14.5. The molecule has 0 aliphatic rings. The van der Waals surface area contributed by atoms with Crippen LogP contribution in [-0.4, -0.2) is 15.8 Å². The highest BCUT2D eigenvalue weighted by atomic mass is 16.5. The molecule has 0 radical (unpaired) electrons. The summed E-state index contributed by atoms with van der Waals surface area (Å²) in [4.78, 5) is 0. The average molecular weight is 273 g/mol. The minimum absolute atomic E-state index is 0.228. The second-order valence-corrected chi connectivity index (χ2v) is 5.37. The number of hydrogen-bond donors (Lipinski definition) is 1. The number of benzene rings is 1. The maximum Gasteiger partial charge on any atom is 0.165 e. The Morgan fingerprint density at radius 3 is 2.45 bits per heavy atom. The Bertz CT molecular complexity index is 531. The minimum atomic E-state index is 0.228. The van der Waals surface area contributed by atoms with Crippen LogP contribution in [0, 0.1) is 0 Å². The van der Waals surface area contributed by atoms with Crippen molar-refractivity contribution in [3.8, 4) is 11.5 Å². The lowest BCUT2D eigenvalue weighted by molar-refractivity contribution is 0.476. The molecule has 0 saturated carbocycles. The van der Waals surface area contributed by atoms with E-state index < -0.39 is 0 Å². The van der Waals surface area contributed by atoms with Crippen LogP contribution in [0.1, 0.15) is 38.8 Å². The largest absolute Gasteiger partial charge is 0.454 e. The molecule has 4 heteroatoms. The molecule has 1 unspecified atom stereocenters. The van der Waals surface area contributed by atoms with Gasteiger partial charge < -0.3 is 10.5 Å². The van der Waals surface area contributed by atoms with Crippen LogP contribution in [-0.2, 0) is 6.42 Å². The predicted octanol–water partition coefficient (Wildman–Crippen LogP) is 3.54. The van der Waals surface area contributed by atoms with Gasteiger partial charge in [-0.15, -0.1) is 0 Å². The van der Waals surface area contributed by atoms with E-state index in [0.29, 0.717) is 6.04 Å². The Morgan fingerprint density at radius 1 is 1.20 bits per heavy atom. The van der Waals surface area contributed by atoms with E-state index in [-0.39, 0.29) is 6.04 Å². The van der Waals surface area contributed by atoms with Gasteiger partial charge >= 0.3 is 0 Å². The van der Waals surface area contributed by atoms with Crippen molar-refractivity contribution in [2.75, 3.05) is 0 Å². The third kappa shape index (κ3) is 3.84. The molecule has 0 saturated heterocycles. The van der Waals surface area contributed by atoms with E-state index in [1.165, 1.54) is 5.56 Å². The van der Waals surface area contributed by atoms with Crippen LogP contribution in [0.15, 0.2) is 36.7 Å². The van der Waals surface area contributed by atoms with Crippen LogP contribution < -0.4 is 10.5 Å². The second-order valence-electron chi connectivity index (χ2n) is 5.37. The smallest absolute Gasteiger partial charge is 0.165 e. The van der Waals surface area contributed by atoms with Crippen molar-refractivity contribution in [2.45, 2.75) is 45.7 Å². The molecular weight excluding hydrogens is 250 g/mol. The number of rotatable bonds is 6. The number of nitrogens with two attached hydrogens (primary N) is 1. The summed E-state index contributed by atoms with van der Waals surface area (Å²) in [6.07, 6.45) is 5.54. The van der Waals surface area contributed by atoms with E-state index in [4.69, 9.17) is 10.5 Å². The van der Waals surface area contributed by atoms with E-state index in [1.807, 2.05) is 23.0 Å². The van der Waals surface area contributed by atoms with Gasteiger partial charge in [-0.1, -0.05) is 19.1 Å². The quantitative estimate of drug-likeness (QED) is 0.876. The Kier molecular flexibility index (Phi) is 4.79. The van der Waals surface area contributed by atoms with Crippen molar-refractivity contribution in [2.24, 2.45) is 5.73 Å². The summed E-state index contributed by atoms with van der Waals surface area (Å²) >= 11 is 0. The van der Waals surface area contributed by atoms with Gasteiger partial charge in [0.25, 0.3) is 0 Å². The molecule has 1 atom stereocenters. The first kappa shape index (κ1) is 14.6. The van der Waals surface area contributed by atoms with Gasteiger partial charge in [-0.3, -0.25) is 4.68 Å². The number of hydrogen-bond acceptors (Lipinski definition) is 3. The average Bonchev–Trinajstić information content (AvgIpc) is 2.89. The van der Waals surface area contributed by atoms with Crippen LogP contribution in [0.5, 0.6) is 11.5 Å². The molecule has 0 spiro atoms. The zero-order valence-corrected chi connectivity index (χ0v) is 12.4. The molecule has 20 heavy (non-hydrogen) atoms. The molecule has 2 N–H and O–H groups in total. The molecule has 1 aromatic heterocycles. The van der Waals surface area contributed by atoms with Crippen molar-refractivity contribution >= 4 is 0 Å². The summed E-state index contributed by atoms with van der Waals surface area (Å²) in [7, 11) is 0. The third-order valence-electron chi connectivity index (χ3n) is 3.29. The fraction of sp³-hybridized carbons (Fsp3) is 0.438. The molecule has 1 heterocycles. The first-order chi connectivity index (χ1) is 9.58. The maximum atomic E-state index is 5.96. The standard InChI is InChI=1S/C16H23N3O/c1-4-14(17)9-13-5-7-15(8-6-13)20-16-10-18-19(11-16)12(2)3/h5-8,10-12,14H,4,9,17H2,1-3H3. The minimum Gasteiger partial charge on any atom is -0.454 e. The molecular formula is C16H23N3O. The highest BCUT2D eigenvalue weighted by Gasteiger charge is 2.05. The number of aromatic nitrogens is 2. The molecule has 0 fully saturated rings. The molecule has 1 aromatic carbocycles. The van der Waals surface area contributed by atoms with Gasteiger partial charge in [-0.25, -0.2) is 0 Å². The van der Waals surface area contributed by atoms with Crippen LogP contribution in [0.3, 0.4) is 0 Å². The predicted molar refractivity (Wildman–Crippen MR) is 81.1 cm³/mol. The van der Waals surface area contributed by atoms with Crippen LogP contribution >= 0.6 is 0 Å². The van der Waals surface area contributed by atoms with Gasteiger partial charge in [0.2, 0.25) is 0 Å². The molecule has 0 aliphatic heterocycles. The van der Waals surface area contributed by atoms with Crippen LogP contribution in [0.4, 0.5) is 0 Å². The molecule has 2 aromatic rings. The second kappa shape index (κ2) is 6.57. The van der Waals surface area contributed by atoms with E-state index in [1.54, 1.807) is 6.20 Å². The van der Waals surface area contributed by atoms with E-state index in [0.717, 1.165) is 24.3 Å². The number of ether oxygens (including phenoxy) is 1. The summed E-state index contributed by atoms with van der Waals surface area (Å²) in [5, 5.41) is 4.25. The highest BCUT2D eigenvalue weighted by Crippen LogP contribution is 2.22. The molecule has 4 nitrogen and oxygen atoms in total. The first-order valence-corrected chi connectivity index (χ1v) is 7.15. The van der Waals surface area contributed by atoms with Gasteiger partial charge in [0.1, 0.15) is 5.75 Å². The summed E-state index contributed by atoms with van der Waals surface area (Å²) in [6, 6.07) is 8.65. The van der Waals surface area contributed by atoms with Gasteiger partial charge in [-0.05, 0) is 44.4 Å². The van der Waals surface area contributed by atoms with Crippen molar-refractivity contribution in [1.29, 1.82) is 0 Å². The number of nitrogens with zero attached hydrogens (tertiary/aromatic N) is 2. The fourth-order valence-electron chi connectivity index (χ4n) is 1.93. The fourth-order valence-corrected chi connectivity index (χ4v) is 1.93. The summed E-state index contributed by atoms with van der Waals surface area (Å²) in [5.41, 5.74) is 7.20. The molecule has 108 valence electrons. The molecule has 0 aliphatic carbocycles. The Hall–Kier alpha value is -1.81. The SMILES string of the molecule is CCC(N)Cc1ccc(Oc2cnn(C(C)C)c2)cc1. The van der Waals surface area contributed by atoms with Gasteiger partial charge in [-0.2, -0.15) is 5.10 Å². The Balaban J connectivity index is 1.99. The van der Waals surface area contributed by atoms with Gasteiger partial charge in [0.15, 0.2) is 5.75 Å². The van der Waals surface area contributed by atoms with Crippen LogP contribution in [0.2, 0.25) is 0 Å². The molecule has 0 bridgehead atoms. The third-order valence-corrected chi connectivity index (χ3v) is 3.29. The van der Waals surface area contributed by atoms with Gasteiger partial charge in [0.05, 0.1) is 12.4 Å². The summed E-state index contributed by atoms with van der Waals surface area (Å²) in [6.45, 7) is 6.28. The lowest BCUT2D eigenvalue weighted by Gasteiger charge is -2.09. The van der Waals surface area contributed by atoms with Crippen molar-refractivity contribution < 1.29 is 4.74 Å². The summed E-state index contributed by atoms with van der Waals surface area (Å²) in [5.74, 6) is 1.58. The van der Waals surface area contributed by atoms with Crippen molar-refractivity contribution in [3.63, 3.8) is 0 Å². The highest BCUT2D eigenvalue weighted by molar-refractivity contribution is 5.31. The monoisotopic (exact) mass is 273 g/mol. The van der Waals surface area contributed by atoms with Crippen molar-refractivity contribution in [3.05, 3.63) is 42.2 Å². The molecule has 2 rings (SSSR count). The van der Waals surface area contributed by atoms with Gasteiger partial charge in [0, 0.05) is 12.1 Å².